The Morgan fingerprint density at radius 3 is 2.57 bits per heavy atom. The fraction of sp³-hybridized carbons (Fsp3) is 0.115. The molecule has 0 aromatic heterocycles. The lowest BCUT2D eigenvalue weighted by Crippen LogP contribution is -2.36. The normalized spacial score (nSPS) is 14.3. The van der Waals surface area contributed by atoms with Gasteiger partial charge in [-0.15, -0.1) is 0 Å². The molecule has 0 aliphatic carbocycles. The molecule has 190 valence electrons. The van der Waals surface area contributed by atoms with E-state index in [1.165, 1.54) is 13.2 Å². The van der Waals surface area contributed by atoms with Crippen molar-refractivity contribution in [2.24, 2.45) is 0 Å². The average molecular weight is 589 g/mol. The van der Waals surface area contributed by atoms with E-state index in [0.29, 0.717) is 46.0 Å². The minimum Gasteiger partial charge on any atom is -0.493 e. The summed E-state index contributed by atoms with van der Waals surface area (Å²) in [5.41, 5.74) is 1.26. The molecule has 0 saturated carbocycles. The van der Waals surface area contributed by atoms with Gasteiger partial charge in [0.15, 0.2) is 11.5 Å². The molecule has 1 N–H and O–H groups in total. The number of hydrogen-bond donors (Lipinski definition) is 1. The predicted molar refractivity (Wildman–Crippen MR) is 139 cm³/mol. The Kier molecular flexibility index (Phi) is 8.24. The van der Waals surface area contributed by atoms with Crippen molar-refractivity contribution in [2.75, 3.05) is 19.0 Å². The number of ether oxygens (including phenoxy) is 2. The van der Waals surface area contributed by atoms with Crippen LogP contribution in [0.2, 0.25) is 0 Å². The Morgan fingerprint density at radius 1 is 1.11 bits per heavy atom. The minimum absolute atomic E-state index is 0.0951. The fourth-order valence-corrected chi connectivity index (χ4v) is 4.82. The largest absolute Gasteiger partial charge is 0.493 e. The van der Waals surface area contributed by atoms with Gasteiger partial charge in [0.2, 0.25) is 5.91 Å². The lowest BCUT2D eigenvalue weighted by molar-refractivity contribution is -0.127. The van der Waals surface area contributed by atoms with E-state index in [1.54, 1.807) is 12.1 Å². The quantitative estimate of drug-likeness (QED) is 0.325. The zero-order chi connectivity index (χ0) is 26.5. The standard InChI is InChI=1S/C26H19BrF2N2O5S/c1-35-21-10-16(9-18(27)24(21)36-14-15-5-3-2-4-6-15)11-22-25(33)31(26(34)37-22)13-23(32)30-20-8-7-17(28)12-19(20)29/h2-12H,13-14H2,1H3,(H,30,32)/b22-11+. The first-order valence-electron chi connectivity index (χ1n) is 10.8. The van der Waals surface area contributed by atoms with Gasteiger partial charge >= 0.3 is 0 Å². The van der Waals surface area contributed by atoms with E-state index in [2.05, 4.69) is 21.2 Å². The molecular formula is C26H19BrF2N2O5S. The van der Waals surface area contributed by atoms with Crippen molar-refractivity contribution in [2.45, 2.75) is 6.61 Å². The van der Waals surface area contributed by atoms with Crippen molar-refractivity contribution < 1.29 is 32.6 Å². The van der Waals surface area contributed by atoms with Crippen molar-refractivity contribution in [3.8, 4) is 11.5 Å². The van der Waals surface area contributed by atoms with Crippen LogP contribution < -0.4 is 14.8 Å². The number of hydrogen-bond acceptors (Lipinski definition) is 6. The summed E-state index contributed by atoms with van der Waals surface area (Å²) in [6.07, 6.45) is 1.50. The number of halogens is 3. The Labute approximate surface area is 223 Å². The van der Waals surface area contributed by atoms with E-state index >= 15 is 0 Å². The molecule has 0 bridgehead atoms. The summed E-state index contributed by atoms with van der Waals surface area (Å²) in [5.74, 6) is -2.37. The number of rotatable bonds is 8. The second-order valence-electron chi connectivity index (χ2n) is 7.75. The van der Waals surface area contributed by atoms with Crippen molar-refractivity contribution in [1.82, 2.24) is 4.90 Å². The zero-order valence-electron chi connectivity index (χ0n) is 19.3. The van der Waals surface area contributed by atoms with Gasteiger partial charge in [0.25, 0.3) is 11.1 Å². The summed E-state index contributed by atoms with van der Waals surface area (Å²) in [4.78, 5) is 38.4. The summed E-state index contributed by atoms with van der Waals surface area (Å²) in [6, 6.07) is 15.6. The zero-order valence-corrected chi connectivity index (χ0v) is 21.7. The molecule has 37 heavy (non-hydrogen) atoms. The van der Waals surface area contributed by atoms with E-state index in [0.717, 1.165) is 22.6 Å². The third-order valence-electron chi connectivity index (χ3n) is 5.16. The van der Waals surface area contributed by atoms with Crippen molar-refractivity contribution in [3.05, 3.63) is 92.8 Å². The van der Waals surface area contributed by atoms with Gasteiger partial charge in [-0.05, 0) is 69.2 Å². The molecule has 3 aromatic carbocycles. The highest BCUT2D eigenvalue weighted by molar-refractivity contribution is 9.10. The molecule has 0 atom stereocenters. The molecule has 1 heterocycles. The second kappa shape index (κ2) is 11.6. The van der Waals surface area contributed by atoms with Crippen molar-refractivity contribution in [3.63, 3.8) is 0 Å². The van der Waals surface area contributed by atoms with Crippen molar-refractivity contribution >= 4 is 56.5 Å². The Morgan fingerprint density at radius 2 is 1.86 bits per heavy atom. The number of nitrogens with one attached hydrogen (secondary N) is 1. The summed E-state index contributed by atoms with van der Waals surface area (Å²) >= 11 is 4.13. The Balaban J connectivity index is 1.47. The maximum Gasteiger partial charge on any atom is 0.294 e. The van der Waals surface area contributed by atoms with Crippen LogP contribution in [-0.2, 0) is 16.2 Å². The van der Waals surface area contributed by atoms with Gasteiger partial charge in [-0.25, -0.2) is 8.78 Å². The van der Waals surface area contributed by atoms with E-state index < -0.39 is 35.2 Å². The van der Waals surface area contributed by atoms with Crippen LogP contribution in [-0.4, -0.2) is 35.6 Å². The molecule has 0 unspecified atom stereocenters. The van der Waals surface area contributed by atoms with Gasteiger partial charge in [-0.3, -0.25) is 19.3 Å². The van der Waals surface area contributed by atoms with Gasteiger partial charge in [0, 0.05) is 6.07 Å². The average Bonchev–Trinajstić information content (AvgIpc) is 3.12. The third-order valence-corrected chi connectivity index (χ3v) is 6.65. The van der Waals surface area contributed by atoms with Crippen LogP contribution in [0.5, 0.6) is 11.5 Å². The Bertz CT molecular complexity index is 1400. The molecule has 3 amide bonds. The van der Waals surface area contributed by atoms with Crippen LogP contribution in [0.15, 0.2) is 70.0 Å². The predicted octanol–water partition coefficient (Wildman–Crippen LogP) is 5.99. The van der Waals surface area contributed by atoms with Gasteiger partial charge in [-0.1, -0.05) is 30.3 Å². The number of benzene rings is 3. The molecule has 1 aliphatic heterocycles. The molecule has 3 aromatic rings. The smallest absolute Gasteiger partial charge is 0.294 e. The molecular weight excluding hydrogens is 570 g/mol. The van der Waals surface area contributed by atoms with Gasteiger partial charge in [0.1, 0.15) is 24.8 Å². The van der Waals surface area contributed by atoms with E-state index in [4.69, 9.17) is 9.47 Å². The molecule has 4 rings (SSSR count). The van der Waals surface area contributed by atoms with Crippen LogP contribution in [0.3, 0.4) is 0 Å². The highest BCUT2D eigenvalue weighted by Crippen LogP contribution is 2.39. The first-order chi connectivity index (χ1) is 17.7. The molecule has 11 heteroatoms. The summed E-state index contributed by atoms with van der Waals surface area (Å²) in [7, 11) is 1.48. The monoisotopic (exact) mass is 588 g/mol. The summed E-state index contributed by atoms with van der Waals surface area (Å²) in [5, 5.41) is 1.58. The molecule has 1 aliphatic rings. The highest BCUT2D eigenvalue weighted by atomic mass is 79.9. The summed E-state index contributed by atoms with van der Waals surface area (Å²) < 4.78 is 38.8. The number of amides is 3. The third kappa shape index (κ3) is 6.36. The second-order valence-corrected chi connectivity index (χ2v) is 9.60. The minimum atomic E-state index is -0.974. The maximum absolute atomic E-state index is 13.8. The van der Waals surface area contributed by atoms with Crippen LogP contribution >= 0.6 is 27.7 Å². The summed E-state index contributed by atoms with van der Waals surface area (Å²) in [6.45, 7) is -0.310. The lowest BCUT2D eigenvalue weighted by atomic mass is 10.1. The molecule has 1 fully saturated rings. The number of carbonyl (C=O) groups is 3. The van der Waals surface area contributed by atoms with Crippen molar-refractivity contribution in [1.29, 1.82) is 0 Å². The van der Waals surface area contributed by atoms with Gasteiger partial charge in [0.05, 0.1) is 22.2 Å². The SMILES string of the molecule is COc1cc(/C=C2/SC(=O)N(CC(=O)Nc3ccc(F)cc3F)C2=O)cc(Br)c1OCc1ccccc1. The lowest BCUT2D eigenvalue weighted by Gasteiger charge is -2.14. The Hall–Kier alpha value is -3.70. The number of thioether (sulfide) groups is 1. The van der Waals surface area contributed by atoms with E-state index in [1.807, 2.05) is 30.3 Å². The first-order valence-corrected chi connectivity index (χ1v) is 12.4. The van der Waals surface area contributed by atoms with Crippen LogP contribution in [0.25, 0.3) is 6.08 Å². The van der Waals surface area contributed by atoms with Crippen LogP contribution in [0.1, 0.15) is 11.1 Å². The number of carbonyl (C=O) groups excluding carboxylic acids is 3. The van der Waals surface area contributed by atoms with Crippen LogP contribution in [0, 0.1) is 11.6 Å². The van der Waals surface area contributed by atoms with E-state index in [9.17, 15) is 23.2 Å². The van der Waals surface area contributed by atoms with Gasteiger partial charge in [-0.2, -0.15) is 0 Å². The molecule has 1 saturated heterocycles. The molecule has 7 nitrogen and oxygen atoms in total. The number of imide groups is 1. The highest BCUT2D eigenvalue weighted by Gasteiger charge is 2.36. The molecule has 0 spiro atoms. The van der Waals surface area contributed by atoms with E-state index in [-0.39, 0.29) is 10.6 Å². The number of anilines is 1. The first kappa shape index (κ1) is 26.4. The van der Waals surface area contributed by atoms with Gasteiger partial charge < -0.3 is 14.8 Å². The fourth-order valence-electron chi connectivity index (χ4n) is 3.40. The molecule has 0 radical (unpaired) electrons. The number of methoxy groups -OCH3 is 1. The topological polar surface area (TPSA) is 84.9 Å². The van der Waals surface area contributed by atoms with Crippen LogP contribution in [0.4, 0.5) is 19.3 Å². The maximum atomic E-state index is 13.8. The number of nitrogens with zero attached hydrogens (tertiary/aromatic N) is 1.